The van der Waals surface area contributed by atoms with Gasteiger partial charge >= 0.3 is 0 Å². The summed E-state index contributed by atoms with van der Waals surface area (Å²) in [5.74, 6) is 0. The summed E-state index contributed by atoms with van der Waals surface area (Å²) in [6.07, 6.45) is 0. The lowest BCUT2D eigenvalue weighted by Crippen LogP contribution is -2.15. The van der Waals surface area contributed by atoms with Gasteiger partial charge in [-0.1, -0.05) is 23.2 Å². The van der Waals surface area contributed by atoms with Gasteiger partial charge in [-0.05, 0) is 62.2 Å². The van der Waals surface area contributed by atoms with Crippen LogP contribution in [-0.4, -0.2) is 8.42 Å². The Bertz CT molecular complexity index is 790. The van der Waals surface area contributed by atoms with E-state index < -0.39 is 10.0 Å². The third-order valence-electron chi connectivity index (χ3n) is 2.46. The molecule has 21 heavy (non-hydrogen) atoms. The van der Waals surface area contributed by atoms with Crippen molar-refractivity contribution in [1.29, 1.82) is 0 Å². The first kappa shape index (κ1) is 16.9. The predicted octanol–water partition coefficient (Wildman–Crippen LogP) is 4.90. The maximum absolute atomic E-state index is 12.5. The molecule has 2 aromatic carbocycles. The van der Waals surface area contributed by atoms with Crippen LogP contribution in [0.3, 0.4) is 0 Å². The Morgan fingerprint density at radius 2 is 1.62 bits per heavy atom. The number of hydrogen-bond acceptors (Lipinski definition) is 3. The van der Waals surface area contributed by atoms with Gasteiger partial charge in [0, 0.05) is 19.7 Å². The molecule has 0 spiro atoms. The summed E-state index contributed by atoms with van der Waals surface area (Å²) in [6, 6.07) is 7.50. The fourth-order valence-electron chi connectivity index (χ4n) is 1.61. The fraction of sp³-hybridized carbons (Fsp3) is 0. The average molecular weight is 475 g/mol. The average Bonchev–Trinajstić information content (AvgIpc) is 2.31. The standard InChI is InChI=1S/C12H8Br2Cl2N2O2S/c13-8-4-7(17)5-9(14)12(8)21(19,20)18-11-3-6(15)1-2-10(11)16/h1-5,18H,17H2. The molecule has 0 amide bonds. The molecule has 4 nitrogen and oxygen atoms in total. The lowest BCUT2D eigenvalue weighted by molar-refractivity contribution is 0.600. The molecule has 0 radical (unpaired) electrons. The topological polar surface area (TPSA) is 72.2 Å². The minimum atomic E-state index is -3.87. The van der Waals surface area contributed by atoms with Gasteiger partial charge in [-0.15, -0.1) is 0 Å². The van der Waals surface area contributed by atoms with E-state index in [1.807, 2.05) is 0 Å². The molecule has 2 rings (SSSR count). The second kappa shape index (κ2) is 6.34. The first-order valence-corrected chi connectivity index (χ1v) is 9.25. The van der Waals surface area contributed by atoms with Crippen molar-refractivity contribution in [1.82, 2.24) is 0 Å². The molecule has 0 aliphatic carbocycles. The van der Waals surface area contributed by atoms with Crippen LogP contribution in [-0.2, 0) is 10.0 Å². The van der Waals surface area contributed by atoms with Gasteiger partial charge in [-0.2, -0.15) is 0 Å². The van der Waals surface area contributed by atoms with Crippen LogP contribution >= 0.6 is 55.1 Å². The fourth-order valence-corrected chi connectivity index (χ4v) is 5.69. The Balaban J connectivity index is 2.51. The van der Waals surface area contributed by atoms with E-state index in [1.165, 1.54) is 24.3 Å². The Labute approximate surface area is 148 Å². The number of halogens is 4. The number of nitrogens with two attached hydrogens (primary N) is 1. The van der Waals surface area contributed by atoms with Gasteiger partial charge in [0.15, 0.2) is 0 Å². The summed E-state index contributed by atoms with van der Waals surface area (Å²) in [5, 5.41) is 0.609. The van der Waals surface area contributed by atoms with Gasteiger partial charge < -0.3 is 5.73 Å². The molecule has 0 aliphatic rings. The summed E-state index contributed by atoms with van der Waals surface area (Å²) in [5.41, 5.74) is 6.27. The molecule has 0 saturated carbocycles. The zero-order valence-electron chi connectivity index (χ0n) is 10.2. The lowest BCUT2D eigenvalue weighted by atomic mass is 10.3. The van der Waals surface area contributed by atoms with E-state index in [9.17, 15) is 8.42 Å². The van der Waals surface area contributed by atoms with Crippen LogP contribution in [0.5, 0.6) is 0 Å². The predicted molar refractivity (Wildman–Crippen MR) is 93.5 cm³/mol. The minimum absolute atomic E-state index is 0.0211. The van der Waals surface area contributed by atoms with Crippen LogP contribution < -0.4 is 10.5 Å². The molecule has 0 aromatic heterocycles. The molecule has 0 bridgehead atoms. The van der Waals surface area contributed by atoms with E-state index in [4.69, 9.17) is 28.9 Å². The third kappa shape index (κ3) is 3.84. The normalized spacial score (nSPS) is 11.4. The van der Waals surface area contributed by atoms with Crippen molar-refractivity contribution < 1.29 is 8.42 Å². The third-order valence-corrected chi connectivity index (χ3v) is 6.27. The highest BCUT2D eigenvalue weighted by Gasteiger charge is 2.23. The molecule has 0 saturated heterocycles. The monoisotopic (exact) mass is 472 g/mol. The number of nitrogens with one attached hydrogen (secondary N) is 1. The number of anilines is 2. The molecule has 0 unspecified atom stereocenters. The van der Waals surface area contributed by atoms with Crippen LogP contribution in [0.25, 0.3) is 0 Å². The molecule has 0 fully saturated rings. The van der Waals surface area contributed by atoms with Crippen molar-refractivity contribution in [3.05, 3.63) is 49.3 Å². The van der Waals surface area contributed by atoms with Gasteiger partial charge in [0.2, 0.25) is 0 Å². The maximum atomic E-state index is 12.5. The Kier molecular flexibility index (Phi) is 5.10. The minimum Gasteiger partial charge on any atom is -0.399 e. The maximum Gasteiger partial charge on any atom is 0.264 e. The van der Waals surface area contributed by atoms with Crippen LogP contribution in [0.2, 0.25) is 10.0 Å². The van der Waals surface area contributed by atoms with Crippen LogP contribution in [0.4, 0.5) is 11.4 Å². The van der Waals surface area contributed by atoms with Crippen LogP contribution in [0.1, 0.15) is 0 Å². The molecule has 0 aliphatic heterocycles. The molecular weight excluding hydrogens is 467 g/mol. The van der Waals surface area contributed by atoms with Crippen molar-refractivity contribution in [2.45, 2.75) is 4.90 Å². The molecule has 2 aromatic rings. The molecule has 3 N–H and O–H groups in total. The highest BCUT2D eigenvalue weighted by Crippen LogP contribution is 2.35. The first-order chi connectivity index (χ1) is 9.70. The second-order valence-electron chi connectivity index (χ2n) is 4.04. The van der Waals surface area contributed by atoms with E-state index in [0.717, 1.165) is 0 Å². The van der Waals surface area contributed by atoms with Crippen LogP contribution in [0.15, 0.2) is 44.2 Å². The Morgan fingerprint density at radius 3 is 2.19 bits per heavy atom. The van der Waals surface area contributed by atoms with Gasteiger partial charge in [-0.3, -0.25) is 4.72 Å². The van der Waals surface area contributed by atoms with E-state index >= 15 is 0 Å². The van der Waals surface area contributed by atoms with Crippen molar-refractivity contribution in [2.24, 2.45) is 0 Å². The zero-order valence-corrected chi connectivity index (χ0v) is 15.7. The van der Waals surface area contributed by atoms with Gasteiger partial charge in [0.1, 0.15) is 4.90 Å². The van der Waals surface area contributed by atoms with Gasteiger partial charge in [0.05, 0.1) is 10.7 Å². The lowest BCUT2D eigenvalue weighted by Gasteiger charge is -2.13. The summed E-state index contributed by atoms with van der Waals surface area (Å²) in [4.78, 5) is 0.0211. The quantitative estimate of drug-likeness (QED) is 0.621. The molecular formula is C12H8Br2Cl2N2O2S. The van der Waals surface area contributed by atoms with Crippen LogP contribution in [0, 0.1) is 0 Å². The molecule has 0 heterocycles. The molecule has 112 valence electrons. The number of hydrogen-bond donors (Lipinski definition) is 2. The van der Waals surface area contributed by atoms with E-state index in [1.54, 1.807) is 6.07 Å². The first-order valence-electron chi connectivity index (χ1n) is 5.43. The largest absolute Gasteiger partial charge is 0.399 e. The SMILES string of the molecule is Nc1cc(Br)c(S(=O)(=O)Nc2cc(Cl)ccc2Cl)c(Br)c1. The summed E-state index contributed by atoms with van der Waals surface area (Å²) in [6.45, 7) is 0. The molecule has 9 heteroatoms. The number of nitrogen functional groups attached to an aromatic ring is 1. The van der Waals surface area contributed by atoms with E-state index in [-0.39, 0.29) is 15.6 Å². The van der Waals surface area contributed by atoms with Crippen molar-refractivity contribution in [3.8, 4) is 0 Å². The number of benzene rings is 2. The summed E-state index contributed by atoms with van der Waals surface area (Å²) in [7, 11) is -3.87. The Hall–Kier alpha value is -0.470. The van der Waals surface area contributed by atoms with Crippen molar-refractivity contribution >= 4 is 76.5 Å². The molecule has 0 atom stereocenters. The summed E-state index contributed by atoms with van der Waals surface area (Å²) >= 11 is 18.2. The van der Waals surface area contributed by atoms with Crippen molar-refractivity contribution in [2.75, 3.05) is 10.5 Å². The van der Waals surface area contributed by atoms with Gasteiger partial charge in [0.25, 0.3) is 10.0 Å². The smallest absolute Gasteiger partial charge is 0.264 e. The second-order valence-corrected chi connectivity index (χ2v) is 8.21. The highest BCUT2D eigenvalue weighted by atomic mass is 79.9. The summed E-state index contributed by atoms with van der Waals surface area (Å²) < 4.78 is 28.1. The zero-order chi connectivity index (χ0) is 15.8. The van der Waals surface area contributed by atoms with E-state index in [2.05, 4.69) is 36.6 Å². The van der Waals surface area contributed by atoms with Gasteiger partial charge in [-0.25, -0.2) is 8.42 Å². The van der Waals surface area contributed by atoms with Crippen molar-refractivity contribution in [3.63, 3.8) is 0 Å². The number of rotatable bonds is 3. The Morgan fingerprint density at radius 1 is 1.05 bits per heavy atom. The highest BCUT2D eigenvalue weighted by molar-refractivity contribution is 9.11. The van der Waals surface area contributed by atoms with E-state index in [0.29, 0.717) is 19.7 Å². The number of sulfonamides is 1.